The first-order chi connectivity index (χ1) is 10.8. The molecule has 0 N–H and O–H groups in total. The molecule has 0 unspecified atom stereocenters. The number of benzene rings is 1. The van der Waals surface area contributed by atoms with Crippen molar-refractivity contribution in [3.05, 3.63) is 34.8 Å². The highest BCUT2D eigenvalue weighted by Crippen LogP contribution is 2.26. The zero-order valence-corrected chi connectivity index (χ0v) is 12.7. The Labute approximate surface area is 129 Å². The Morgan fingerprint density at radius 1 is 1.23 bits per heavy atom. The summed E-state index contributed by atoms with van der Waals surface area (Å²) in [6.07, 6.45) is 3.33. The number of rotatable bonds is 3. The number of aromatic nitrogens is 1. The van der Waals surface area contributed by atoms with Gasteiger partial charge in [-0.2, -0.15) is 0 Å². The highest BCUT2D eigenvalue weighted by molar-refractivity contribution is 5.72. The number of nitrogens with zero attached hydrogens (tertiary/aromatic N) is 2. The van der Waals surface area contributed by atoms with E-state index in [-0.39, 0.29) is 11.8 Å². The van der Waals surface area contributed by atoms with Gasteiger partial charge in [-0.1, -0.05) is 12.1 Å². The van der Waals surface area contributed by atoms with Gasteiger partial charge in [0.15, 0.2) is 5.58 Å². The minimum Gasteiger partial charge on any atom is -0.408 e. The van der Waals surface area contributed by atoms with Crippen LogP contribution in [0.5, 0.6) is 0 Å². The van der Waals surface area contributed by atoms with E-state index in [9.17, 15) is 4.79 Å². The average Bonchev–Trinajstić information content (AvgIpc) is 3.14. The maximum atomic E-state index is 12.2. The number of fused-ring (bicyclic) bond motifs is 1. The minimum absolute atomic E-state index is 0.215. The third kappa shape index (κ3) is 2.59. The largest absolute Gasteiger partial charge is 0.420 e. The van der Waals surface area contributed by atoms with Crippen molar-refractivity contribution in [2.45, 2.75) is 25.3 Å². The summed E-state index contributed by atoms with van der Waals surface area (Å²) in [5.74, 6) is 0.425. The lowest BCUT2D eigenvalue weighted by Crippen LogP contribution is -2.41. The molecule has 4 rings (SSSR count). The number of hydrogen-bond donors (Lipinski definition) is 0. The zero-order valence-electron chi connectivity index (χ0n) is 12.7. The van der Waals surface area contributed by atoms with Crippen LogP contribution in [0.15, 0.2) is 33.5 Å². The van der Waals surface area contributed by atoms with E-state index in [0.717, 1.165) is 57.6 Å². The van der Waals surface area contributed by atoms with Crippen LogP contribution in [0.3, 0.4) is 0 Å². The standard InChI is InChI=1S/C17H22N2O3/c20-17-19(15-5-1-2-6-16(15)22-17)14-4-3-8-18(11-14)10-13-7-9-21-12-13/h1-2,5-6,13-14H,3-4,7-12H2/t13-,14+/m0/s1. The van der Waals surface area contributed by atoms with Crippen LogP contribution in [0.1, 0.15) is 25.3 Å². The lowest BCUT2D eigenvalue weighted by Gasteiger charge is -2.34. The van der Waals surface area contributed by atoms with Gasteiger partial charge in [0.2, 0.25) is 0 Å². The van der Waals surface area contributed by atoms with Gasteiger partial charge in [-0.25, -0.2) is 4.79 Å². The number of hydrogen-bond acceptors (Lipinski definition) is 4. The SMILES string of the molecule is O=c1oc2ccccc2n1[C@@H]1CCCN(C[C@@H]2CCOC2)C1. The highest BCUT2D eigenvalue weighted by Gasteiger charge is 2.27. The first-order valence-corrected chi connectivity index (χ1v) is 8.21. The zero-order chi connectivity index (χ0) is 14.9. The highest BCUT2D eigenvalue weighted by atomic mass is 16.5. The van der Waals surface area contributed by atoms with E-state index < -0.39 is 0 Å². The molecule has 1 aromatic carbocycles. The molecule has 0 spiro atoms. The Morgan fingerprint density at radius 3 is 3.00 bits per heavy atom. The predicted octanol–water partition coefficient (Wildman–Crippen LogP) is 2.27. The Balaban J connectivity index is 1.56. The molecule has 2 aliphatic rings. The van der Waals surface area contributed by atoms with Crippen LogP contribution in [0.4, 0.5) is 0 Å². The van der Waals surface area contributed by atoms with Crippen LogP contribution in [-0.2, 0) is 4.74 Å². The second-order valence-electron chi connectivity index (χ2n) is 6.49. The molecular formula is C17H22N2O3. The van der Waals surface area contributed by atoms with Gasteiger partial charge in [0.05, 0.1) is 18.2 Å². The second kappa shape index (κ2) is 5.89. The number of ether oxygens (including phenoxy) is 1. The van der Waals surface area contributed by atoms with Crippen LogP contribution < -0.4 is 5.76 Å². The van der Waals surface area contributed by atoms with Gasteiger partial charge in [0.25, 0.3) is 0 Å². The van der Waals surface area contributed by atoms with Crippen molar-refractivity contribution in [2.75, 3.05) is 32.8 Å². The molecule has 22 heavy (non-hydrogen) atoms. The molecule has 5 nitrogen and oxygen atoms in total. The monoisotopic (exact) mass is 302 g/mol. The molecule has 0 saturated carbocycles. The quantitative estimate of drug-likeness (QED) is 0.872. The molecule has 2 aliphatic heterocycles. The fourth-order valence-electron chi connectivity index (χ4n) is 3.83. The van der Waals surface area contributed by atoms with Gasteiger partial charge in [-0.05, 0) is 43.9 Å². The van der Waals surface area contributed by atoms with Crippen LogP contribution >= 0.6 is 0 Å². The molecule has 5 heteroatoms. The molecule has 3 heterocycles. The number of piperidine rings is 1. The topological polar surface area (TPSA) is 47.6 Å². The van der Waals surface area contributed by atoms with Crippen molar-refractivity contribution in [1.29, 1.82) is 0 Å². The molecule has 0 bridgehead atoms. The number of oxazole rings is 1. The van der Waals surface area contributed by atoms with Crippen molar-refractivity contribution in [3.8, 4) is 0 Å². The first-order valence-electron chi connectivity index (χ1n) is 8.21. The lowest BCUT2D eigenvalue weighted by atomic mass is 10.0. The summed E-state index contributed by atoms with van der Waals surface area (Å²) >= 11 is 0. The third-order valence-electron chi connectivity index (χ3n) is 4.90. The Kier molecular flexibility index (Phi) is 3.76. The van der Waals surface area contributed by atoms with Gasteiger partial charge >= 0.3 is 5.76 Å². The van der Waals surface area contributed by atoms with Gasteiger partial charge in [0.1, 0.15) is 0 Å². The van der Waals surface area contributed by atoms with E-state index in [2.05, 4.69) is 4.90 Å². The maximum Gasteiger partial charge on any atom is 0.420 e. The van der Waals surface area contributed by atoms with Gasteiger partial charge in [-0.15, -0.1) is 0 Å². The summed E-state index contributed by atoms with van der Waals surface area (Å²) in [4.78, 5) is 14.7. The molecule has 118 valence electrons. The van der Waals surface area contributed by atoms with E-state index in [1.165, 1.54) is 0 Å². The van der Waals surface area contributed by atoms with E-state index >= 15 is 0 Å². The predicted molar refractivity (Wildman–Crippen MR) is 84.1 cm³/mol. The summed E-state index contributed by atoms with van der Waals surface area (Å²) in [5, 5.41) is 0. The lowest BCUT2D eigenvalue weighted by molar-refractivity contribution is 0.135. The Hall–Kier alpha value is -1.59. The van der Waals surface area contributed by atoms with Crippen LogP contribution in [-0.4, -0.2) is 42.3 Å². The van der Waals surface area contributed by atoms with Crippen molar-refractivity contribution in [3.63, 3.8) is 0 Å². The summed E-state index contributed by atoms with van der Waals surface area (Å²) in [7, 11) is 0. The van der Waals surface area contributed by atoms with E-state index in [0.29, 0.717) is 11.5 Å². The molecule has 1 aromatic heterocycles. The normalized spacial score (nSPS) is 26.7. The molecule has 0 aliphatic carbocycles. The molecule has 2 saturated heterocycles. The van der Waals surface area contributed by atoms with Crippen molar-refractivity contribution < 1.29 is 9.15 Å². The van der Waals surface area contributed by atoms with Gasteiger partial charge in [-0.3, -0.25) is 4.57 Å². The summed E-state index contributed by atoms with van der Waals surface area (Å²) in [5.41, 5.74) is 1.61. The second-order valence-corrected chi connectivity index (χ2v) is 6.49. The van der Waals surface area contributed by atoms with Gasteiger partial charge in [0, 0.05) is 19.7 Å². The molecule has 2 atom stereocenters. The summed E-state index contributed by atoms with van der Waals surface area (Å²) < 4.78 is 12.7. The fraction of sp³-hybridized carbons (Fsp3) is 0.588. The minimum atomic E-state index is -0.225. The van der Waals surface area contributed by atoms with Crippen molar-refractivity contribution in [2.24, 2.45) is 5.92 Å². The average molecular weight is 302 g/mol. The Morgan fingerprint density at radius 2 is 2.14 bits per heavy atom. The van der Waals surface area contributed by atoms with E-state index in [1.807, 2.05) is 28.8 Å². The van der Waals surface area contributed by atoms with E-state index in [1.54, 1.807) is 0 Å². The number of para-hydroxylation sites is 2. The molecule has 0 amide bonds. The first kappa shape index (κ1) is 14.0. The van der Waals surface area contributed by atoms with Crippen molar-refractivity contribution in [1.82, 2.24) is 9.47 Å². The summed E-state index contributed by atoms with van der Waals surface area (Å²) in [6.45, 7) is 4.92. The fourth-order valence-corrected chi connectivity index (χ4v) is 3.83. The molecule has 2 aromatic rings. The van der Waals surface area contributed by atoms with Crippen LogP contribution in [0.25, 0.3) is 11.1 Å². The van der Waals surface area contributed by atoms with Crippen LogP contribution in [0.2, 0.25) is 0 Å². The number of likely N-dealkylation sites (tertiary alicyclic amines) is 1. The van der Waals surface area contributed by atoms with Gasteiger partial charge < -0.3 is 14.1 Å². The summed E-state index contributed by atoms with van der Waals surface area (Å²) in [6, 6.07) is 7.92. The molecular weight excluding hydrogens is 280 g/mol. The Bertz CT molecular complexity index is 699. The van der Waals surface area contributed by atoms with Crippen LogP contribution in [0, 0.1) is 5.92 Å². The third-order valence-corrected chi connectivity index (χ3v) is 4.90. The van der Waals surface area contributed by atoms with Crippen molar-refractivity contribution >= 4 is 11.1 Å². The molecule has 2 fully saturated rings. The molecule has 0 radical (unpaired) electrons. The maximum absolute atomic E-state index is 12.2. The van der Waals surface area contributed by atoms with E-state index in [4.69, 9.17) is 9.15 Å². The smallest absolute Gasteiger partial charge is 0.408 e.